The zero-order valence-electron chi connectivity index (χ0n) is 10.3. The average Bonchev–Trinajstić information content (AvgIpc) is 2.81. The Labute approximate surface area is 115 Å². The van der Waals surface area contributed by atoms with E-state index in [-0.39, 0.29) is 18.2 Å². The van der Waals surface area contributed by atoms with Gasteiger partial charge in [-0.15, -0.1) is 16.7 Å². The molecule has 2 rings (SSSR count). The Hall–Kier alpha value is -2.01. The first-order valence-electron chi connectivity index (χ1n) is 5.77. The normalized spacial score (nSPS) is 10.4. The van der Waals surface area contributed by atoms with Crippen molar-refractivity contribution in [3.63, 3.8) is 0 Å². The molecule has 0 aliphatic carbocycles. The number of rotatable bonds is 4. The van der Waals surface area contributed by atoms with Gasteiger partial charge in [0.2, 0.25) is 5.88 Å². The van der Waals surface area contributed by atoms with Crippen molar-refractivity contribution >= 4 is 17.6 Å². The second-order valence-electron chi connectivity index (χ2n) is 3.82. The van der Waals surface area contributed by atoms with Crippen LogP contribution in [0.25, 0.3) is 5.69 Å². The Bertz CT molecular complexity index is 595. The fourth-order valence-corrected chi connectivity index (χ4v) is 1.85. The summed E-state index contributed by atoms with van der Waals surface area (Å²) in [6.45, 7) is 1.97. The summed E-state index contributed by atoms with van der Waals surface area (Å²) in [7, 11) is 0. The molecule has 100 valence electrons. The highest BCUT2D eigenvalue weighted by atomic mass is 35.5. The second-order valence-corrected chi connectivity index (χ2v) is 4.09. The van der Waals surface area contributed by atoms with E-state index in [0.29, 0.717) is 11.6 Å². The van der Waals surface area contributed by atoms with Gasteiger partial charge in [-0.1, -0.05) is 12.1 Å². The largest absolute Gasteiger partial charge is 0.492 e. The first-order valence-corrected chi connectivity index (χ1v) is 6.30. The molecule has 0 bridgehead atoms. The maximum atomic E-state index is 11.8. The fraction of sp³-hybridized carbons (Fsp3) is 0.231. The number of nitrogens with zero attached hydrogens (tertiary/aromatic N) is 2. The van der Waals surface area contributed by atoms with E-state index in [9.17, 15) is 9.90 Å². The molecule has 0 spiro atoms. The molecule has 6 heteroatoms. The van der Waals surface area contributed by atoms with E-state index in [1.54, 1.807) is 25.1 Å². The zero-order chi connectivity index (χ0) is 13.8. The van der Waals surface area contributed by atoms with Crippen LogP contribution in [0.15, 0.2) is 30.3 Å². The van der Waals surface area contributed by atoms with Crippen molar-refractivity contribution in [3.05, 3.63) is 41.6 Å². The number of ether oxygens (including phenoxy) is 1. The zero-order valence-corrected chi connectivity index (χ0v) is 11.1. The van der Waals surface area contributed by atoms with Crippen molar-refractivity contribution in [2.75, 3.05) is 6.61 Å². The number of carbonyl (C=O) groups is 1. The minimum atomic E-state index is -0.536. The number of hydrogen-bond donors (Lipinski definition) is 1. The van der Waals surface area contributed by atoms with Crippen molar-refractivity contribution in [1.82, 2.24) is 9.78 Å². The van der Waals surface area contributed by atoms with Gasteiger partial charge in [0, 0.05) is 11.9 Å². The molecule has 0 fully saturated rings. The standard InChI is InChI=1S/C13H13ClN2O3/c1-2-19-13(18)11-7-12(17)15-16(11)10-5-3-4-9(6-10)8-14/h3-7H,2,8H2,1H3,(H,15,17). The number of esters is 1. The highest BCUT2D eigenvalue weighted by Crippen LogP contribution is 2.18. The van der Waals surface area contributed by atoms with E-state index in [2.05, 4.69) is 5.10 Å². The Morgan fingerprint density at radius 3 is 2.95 bits per heavy atom. The van der Waals surface area contributed by atoms with Gasteiger partial charge in [0.1, 0.15) is 0 Å². The number of carbonyl (C=O) groups excluding carboxylic acids is 1. The summed E-state index contributed by atoms with van der Waals surface area (Å²) in [6.07, 6.45) is 0. The third-order valence-corrected chi connectivity index (χ3v) is 2.80. The number of aromatic hydroxyl groups is 1. The number of alkyl halides is 1. The molecule has 0 aliphatic heterocycles. The molecule has 1 aromatic heterocycles. The molecule has 0 unspecified atom stereocenters. The molecule has 19 heavy (non-hydrogen) atoms. The van der Waals surface area contributed by atoms with E-state index in [4.69, 9.17) is 16.3 Å². The molecular formula is C13H13ClN2O3. The third-order valence-electron chi connectivity index (χ3n) is 2.49. The van der Waals surface area contributed by atoms with E-state index in [0.717, 1.165) is 5.56 Å². The van der Waals surface area contributed by atoms with E-state index in [1.165, 1.54) is 10.7 Å². The van der Waals surface area contributed by atoms with Gasteiger partial charge in [-0.2, -0.15) is 0 Å². The van der Waals surface area contributed by atoms with Crippen LogP contribution in [-0.2, 0) is 10.6 Å². The predicted octanol–water partition coefficient (Wildman–Crippen LogP) is 2.49. The molecule has 0 atom stereocenters. The van der Waals surface area contributed by atoms with Gasteiger partial charge in [0.15, 0.2) is 5.69 Å². The lowest BCUT2D eigenvalue weighted by Crippen LogP contribution is -2.12. The minimum Gasteiger partial charge on any atom is -0.492 e. The summed E-state index contributed by atoms with van der Waals surface area (Å²) in [4.78, 5) is 11.8. The fourth-order valence-electron chi connectivity index (χ4n) is 1.69. The highest BCUT2D eigenvalue weighted by Gasteiger charge is 2.17. The SMILES string of the molecule is CCOC(=O)c1cc(O)nn1-c1cccc(CCl)c1. The van der Waals surface area contributed by atoms with Crippen molar-refractivity contribution < 1.29 is 14.6 Å². The van der Waals surface area contributed by atoms with Crippen LogP contribution in [0, 0.1) is 0 Å². The molecule has 1 aromatic carbocycles. The second kappa shape index (κ2) is 5.75. The topological polar surface area (TPSA) is 64.3 Å². The lowest BCUT2D eigenvalue weighted by molar-refractivity contribution is 0.0515. The molecule has 0 amide bonds. The monoisotopic (exact) mass is 280 g/mol. The van der Waals surface area contributed by atoms with Gasteiger partial charge < -0.3 is 9.84 Å². The van der Waals surface area contributed by atoms with E-state index >= 15 is 0 Å². The highest BCUT2D eigenvalue weighted by molar-refractivity contribution is 6.17. The van der Waals surface area contributed by atoms with Gasteiger partial charge in [-0.05, 0) is 24.6 Å². The predicted molar refractivity (Wildman–Crippen MR) is 70.7 cm³/mol. The minimum absolute atomic E-state index is 0.172. The summed E-state index contributed by atoms with van der Waals surface area (Å²) in [5, 5.41) is 13.4. The first kappa shape index (κ1) is 13.4. The Morgan fingerprint density at radius 1 is 1.47 bits per heavy atom. The van der Waals surface area contributed by atoms with Crippen LogP contribution in [0.3, 0.4) is 0 Å². The average molecular weight is 281 g/mol. The van der Waals surface area contributed by atoms with Crippen molar-refractivity contribution in [2.45, 2.75) is 12.8 Å². The van der Waals surface area contributed by atoms with Crippen LogP contribution < -0.4 is 0 Å². The van der Waals surface area contributed by atoms with Crippen LogP contribution in [0.2, 0.25) is 0 Å². The van der Waals surface area contributed by atoms with E-state index < -0.39 is 5.97 Å². The molecule has 1 heterocycles. The summed E-state index contributed by atoms with van der Waals surface area (Å²) in [6, 6.07) is 8.50. The van der Waals surface area contributed by atoms with Gasteiger partial charge in [0.25, 0.3) is 0 Å². The molecule has 5 nitrogen and oxygen atoms in total. The number of halogens is 1. The molecule has 1 N–H and O–H groups in total. The summed E-state index contributed by atoms with van der Waals surface area (Å²) in [5.41, 5.74) is 1.71. The molecule has 2 aromatic rings. The van der Waals surface area contributed by atoms with Gasteiger partial charge >= 0.3 is 5.97 Å². The molecular weight excluding hydrogens is 268 g/mol. The molecule has 0 saturated heterocycles. The number of benzene rings is 1. The third kappa shape index (κ3) is 2.88. The van der Waals surface area contributed by atoms with Crippen LogP contribution in [-0.4, -0.2) is 27.5 Å². The molecule has 0 saturated carbocycles. The summed E-state index contributed by atoms with van der Waals surface area (Å²) in [5.74, 6) is -0.415. The maximum absolute atomic E-state index is 11.8. The summed E-state index contributed by atoms with van der Waals surface area (Å²) >= 11 is 5.77. The number of hydrogen-bond acceptors (Lipinski definition) is 4. The quantitative estimate of drug-likeness (QED) is 0.690. The van der Waals surface area contributed by atoms with Crippen LogP contribution >= 0.6 is 11.6 Å². The molecule has 0 aliphatic rings. The van der Waals surface area contributed by atoms with Crippen molar-refractivity contribution in [2.24, 2.45) is 0 Å². The first-order chi connectivity index (χ1) is 9.15. The molecule has 0 radical (unpaired) electrons. The Balaban J connectivity index is 2.46. The Kier molecular flexibility index (Phi) is 4.06. The van der Waals surface area contributed by atoms with Gasteiger partial charge in [-0.25, -0.2) is 9.48 Å². The van der Waals surface area contributed by atoms with Gasteiger partial charge in [0.05, 0.1) is 12.3 Å². The van der Waals surface area contributed by atoms with Crippen LogP contribution in [0.4, 0.5) is 0 Å². The smallest absolute Gasteiger partial charge is 0.357 e. The van der Waals surface area contributed by atoms with Crippen LogP contribution in [0.5, 0.6) is 5.88 Å². The lowest BCUT2D eigenvalue weighted by Gasteiger charge is -2.07. The van der Waals surface area contributed by atoms with Gasteiger partial charge in [-0.3, -0.25) is 0 Å². The Morgan fingerprint density at radius 2 is 2.26 bits per heavy atom. The van der Waals surface area contributed by atoms with Crippen molar-refractivity contribution in [3.8, 4) is 11.6 Å². The number of aromatic nitrogens is 2. The maximum Gasteiger partial charge on any atom is 0.357 e. The van der Waals surface area contributed by atoms with Crippen molar-refractivity contribution in [1.29, 1.82) is 0 Å². The van der Waals surface area contributed by atoms with E-state index in [1.807, 2.05) is 6.07 Å². The lowest BCUT2D eigenvalue weighted by atomic mass is 10.2. The summed E-state index contributed by atoms with van der Waals surface area (Å²) < 4.78 is 6.26. The van der Waals surface area contributed by atoms with Crippen LogP contribution in [0.1, 0.15) is 23.0 Å².